The molecule has 0 bridgehead atoms. The van der Waals surface area contributed by atoms with Crippen molar-refractivity contribution in [3.05, 3.63) is 29.8 Å². The van der Waals surface area contributed by atoms with E-state index in [4.69, 9.17) is 10.6 Å². The van der Waals surface area contributed by atoms with Gasteiger partial charge in [0.2, 0.25) is 0 Å². The van der Waals surface area contributed by atoms with Crippen molar-refractivity contribution in [3.8, 4) is 5.75 Å². The molecule has 0 fully saturated rings. The second kappa shape index (κ2) is 6.52. The van der Waals surface area contributed by atoms with Crippen LogP contribution in [0, 0.1) is 5.92 Å². The highest BCUT2D eigenvalue weighted by Gasteiger charge is 2.60. The van der Waals surface area contributed by atoms with E-state index in [1.54, 1.807) is 12.3 Å². The summed E-state index contributed by atoms with van der Waals surface area (Å²) in [6.45, 7) is 2.02. The zero-order valence-corrected chi connectivity index (χ0v) is 10.9. The Bertz CT molecular complexity index is 429. The van der Waals surface area contributed by atoms with Crippen molar-refractivity contribution in [2.45, 2.75) is 25.3 Å². The normalized spacial score (nSPS) is 14.3. The zero-order valence-electron chi connectivity index (χ0n) is 10.9. The van der Waals surface area contributed by atoms with Crippen LogP contribution in [-0.4, -0.2) is 19.0 Å². The Balaban J connectivity index is 3.14. The predicted molar refractivity (Wildman–Crippen MR) is 63.3 cm³/mol. The van der Waals surface area contributed by atoms with Crippen molar-refractivity contribution in [1.29, 1.82) is 0 Å². The van der Waals surface area contributed by atoms with Gasteiger partial charge in [0.05, 0.1) is 12.6 Å². The molecule has 0 radical (unpaired) electrons. The van der Waals surface area contributed by atoms with Crippen LogP contribution in [0.25, 0.3) is 0 Å². The molecule has 0 spiro atoms. The Morgan fingerprint density at radius 1 is 1.05 bits per heavy atom. The maximum Gasteiger partial charge on any atom is 0.402 e. The lowest BCUT2D eigenvalue weighted by molar-refractivity contribution is -0.292. The van der Waals surface area contributed by atoms with Crippen molar-refractivity contribution < 1.29 is 31.1 Å². The summed E-state index contributed by atoms with van der Waals surface area (Å²) in [6.07, 6.45) is -11.0. The fourth-order valence-electron chi connectivity index (χ4n) is 1.89. The first-order valence-corrected chi connectivity index (χ1v) is 5.93. The number of ether oxygens (including phenoxy) is 1. The third-order valence-corrected chi connectivity index (χ3v) is 2.77. The van der Waals surface area contributed by atoms with Crippen LogP contribution in [-0.2, 0) is 0 Å². The van der Waals surface area contributed by atoms with Crippen LogP contribution >= 0.6 is 0 Å². The lowest BCUT2D eigenvalue weighted by Crippen LogP contribution is -2.47. The predicted octanol–water partition coefficient (Wildman–Crippen LogP) is 3.33. The van der Waals surface area contributed by atoms with E-state index in [1.165, 1.54) is 12.1 Å². The highest BCUT2D eigenvalue weighted by atomic mass is 19.4. The number of halogens is 6. The van der Waals surface area contributed by atoms with Gasteiger partial charge in [-0.15, -0.1) is 0 Å². The molecule has 3 nitrogen and oxygen atoms in total. The fourth-order valence-corrected chi connectivity index (χ4v) is 1.89. The Labute approximate surface area is 117 Å². The molecule has 0 saturated carbocycles. The van der Waals surface area contributed by atoms with Crippen LogP contribution in [0.5, 0.6) is 5.75 Å². The number of nitrogens with two attached hydrogens (primary N) is 1. The van der Waals surface area contributed by atoms with E-state index in [-0.39, 0.29) is 5.56 Å². The molecular formula is C12H14F6N2O. The topological polar surface area (TPSA) is 47.3 Å². The summed E-state index contributed by atoms with van der Waals surface area (Å²) < 4.78 is 81.3. The molecule has 3 N–H and O–H groups in total. The lowest BCUT2D eigenvalue weighted by Gasteiger charge is -2.30. The minimum Gasteiger partial charge on any atom is -0.494 e. The minimum absolute atomic E-state index is 0.236. The molecule has 120 valence electrons. The molecule has 1 rings (SSSR count). The van der Waals surface area contributed by atoms with Crippen LogP contribution in [0.15, 0.2) is 24.3 Å². The number of nitrogens with one attached hydrogen (secondary N) is 1. The average molecular weight is 316 g/mol. The minimum atomic E-state index is -5.48. The zero-order chi connectivity index (χ0) is 16.3. The van der Waals surface area contributed by atoms with Gasteiger partial charge in [0, 0.05) is 0 Å². The molecule has 0 saturated heterocycles. The van der Waals surface area contributed by atoms with E-state index in [0.717, 1.165) is 12.1 Å². The molecule has 0 aliphatic carbocycles. The maximum atomic E-state index is 12.7. The standard InChI is InChI=1S/C12H14F6N2O/c1-2-21-8-5-3-7(4-6-8)9(20-19)10(11(13,14)15)12(16,17)18/h3-6,9-10,20H,2,19H2,1H3. The second-order valence-corrected chi connectivity index (χ2v) is 4.21. The van der Waals surface area contributed by atoms with Gasteiger partial charge in [0.25, 0.3) is 0 Å². The summed E-state index contributed by atoms with van der Waals surface area (Å²) in [6, 6.07) is 2.65. The van der Waals surface area contributed by atoms with Crippen molar-refractivity contribution in [3.63, 3.8) is 0 Å². The van der Waals surface area contributed by atoms with Crippen LogP contribution < -0.4 is 16.0 Å². The SMILES string of the molecule is CCOc1ccc(C(NN)C(C(F)(F)F)C(F)(F)F)cc1. The number of rotatable bonds is 5. The highest BCUT2D eigenvalue weighted by Crippen LogP contribution is 2.46. The second-order valence-electron chi connectivity index (χ2n) is 4.21. The molecule has 0 heterocycles. The van der Waals surface area contributed by atoms with Gasteiger partial charge in [0.15, 0.2) is 5.92 Å². The third kappa shape index (κ3) is 4.50. The van der Waals surface area contributed by atoms with Crippen LogP contribution in [0.3, 0.4) is 0 Å². The number of benzene rings is 1. The Hall–Kier alpha value is -1.48. The Morgan fingerprint density at radius 2 is 1.52 bits per heavy atom. The van der Waals surface area contributed by atoms with Crippen LogP contribution in [0.2, 0.25) is 0 Å². The number of hydrazine groups is 1. The van der Waals surface area contributed by atoms with Gasteiger partial charge in [-0.05, 0) is 24.6 Å². The van der Waals surface area contributed by atoms with E-state index in [9.17, 15) is 26.3 Å². The van der Waals surface area contributed by atoms with E-state index >= 15 is 0 Å². The molecule has 0 aliphatic heterocycles. The summed E-state index contributed by atoms with van der Waals surface area (Å²) in [5, 5.41) is 0. The van der Waals surface area contributed by atoms with Crippen molar-refractivity contribution in [2.24, 2.45) is 11.8 Å². The van der Waals surface area contributed by atoms with E-state index < -0.39 is 24.3 Å². The van der Waals surface area contributed by atoms with Crippen molar-refractivity contribution in [2.75, 3.05) is 6.61 Å². The molecular weight excluding hydrogens is 302 g/mol. The molecule has 1 unspecified atom stereocenters. The largest absolute Gasteiger partial charge is 0.494 e. The van der Waals surface area contributed by atoms with Crippen molar-refractivity contribution >= 4 is 0 Å². The summed E-state index contributed by atoms with van der Waals surface area (Å²) in [7, 11) is 0. The number of hydrogen-bond acceptors (Lipinski definition) is 3. The van der Waals surface area contributed by atoms with Gasteiger partial charge >= 0.3 is 12.4 Å². The van der Waals surface area contributed by atoms with E-state index in [2.05, 4.69) is 0 Å². The van der Waals surface area contributed by atoms with Gasteiger partial charge < -0.3 is 4.74 Å². The van der Waals surface area contributed by atoms with E-state index in [0.29, 0.717) is 12.4 Å². The maximum absolute atomic E-state index is 12.7. The molecule has 9 heteroatoms. The first-order valence-electron chi connectivity index (χ1n) is 5.93. The Kier molecular flexibility index (Phi) is 5.46. The molecule has 1 aromatic carbocycles. The summed E-state index contributed by atoms with van der Waals surface area (Å²) in [5.41, 5.74) is 1.37. The van der Waals surface area contributed by atoms with Crippen LogP contribution in [0.1, 0.15) is 18.5 Å². The first-order chi connectivity index (χ1) is 9.61. The molecule has 1 aromatic rings. The monoisotopic (exact) mass is 316 g/mol. The van der Waals surface area contributed by atoms with Gasteiger partial charge in [-0.25, -0.2) is 0 Å². The first kappa shape index (κ1) is 17.6. The van der Waals surface area contributed by atoms with Gasteiger partial charge in [0.1, 0.15) is 5.75 Å². The summed E-state index contributed by atoms with van der Waals surface area (Å²) in [5.74, 6) is 1.65. The average Bonchev–Trinajstić information content (AvgIpc) is 2.34. The van der Waals surface area contributed by atoms with Gasteiger partial charge in [-0.1, -0.05) is 12.1 Å². The quantitative estimate of drug-likeness (QED) is 0.498. The number of hydrogen-bond donors (Lipinski definition) is 2. The van der Waals surface area contributed by atoms with Gasteiger partial charge in [-0.2, -0.15) is 26.3 Å². The lowest BCUT2D eigenvalue weighted by atomic mass is 9.92. The van der Waals surface area contributed by atoms with E-state index in [1.807, 2.05) is 0 Å². The summed E-state index contributed by atoms with van der Waals surface area (Å²) in [4.78, 5) is 0. The number of alkyl halides is 6. The molecule has 0 aromatic heterocycles. The molecule has 1 atom stereocenters. The highest BCUT2D eigenvalue weighted by molar-refractivity contribution is 5.30. The van der Waals surface area contributed by atoms with Crippen LogP contribution in [0.4, 0.5) is 26.3 Å². The smallest absolute Gasteiger partial charge is 0.402 e. The Morgan fingerprint density at radius 3 is 1.86 bits per heavy atom. The third-order valence-electron chi connectivity index (χ3n) is 2.77. The molecule has 0 amide bonds. The van der Waals surface area contributed by atoms with Crippen molar-refractivity contribution in [1.82, 2.24) is 5.43 Å². The molecule has 0 aliphatic rings. The molecule has 21 heavy (non-hydrogen) atoms. The fraction of sp³-hybridized carbons (Fsp3) is 0.500. The summed E-state index contributed by atoms with van der Waals surface area (Å²) >= 11 is 0. The van der Waals surface area contributed by atoms with Gasteiger partial charge in [-0.3, -0.25) is 11.3 Å².